The first-order chi connectivity index (χ1) is 16.4. The second-order valence-corrected chi connectivity index (χ2v) is 9.31. The fraction of sp³-hybridized carbons (Fsp3) is 0.310. The number of benzene rings is 3. The number of aryl methyl sites for hydroxylation is 2. The predicted molar refractivity (Wildman–Crippen MR) is 131 cm³/mol. The van der Waals surface area contributed by atoms with Gasteiger partial charge in [-0.2, -0.15) is 0 Å². The van der Waals surface area contributed by atoms with Crippen LogP contribution in [0.25, 0.3) is 0 Å². The number of fused-ring (bicyclic) bond motifs is 1. The van der Waals surface area contributed by atoms with Crippen molar-refractivity contribution in [2.24, 2.45) is 0 Å². The standard InChI is InChI=1S/C29H29FN2O2/c1-3-21-7-4-5-8-22(21)19-31-13-15-32(16-14-31)29(23-9-6-10-24(30)18-23)27(33)25-12-11-20(2)17-26(25)28(29)34/h4-12,17-18H,3,13-16,19H2,1-2H3. The number of rotatable bonds is 5. The molecular weight excluding hydrogens is 427 g/mol. The van der Waals surface area contributed by atoms with E-state index in [4.69, 9.17) is 0 Å². The average Bonchev–Trinajstić information content (AvgIpc) is 3.07. The zero-order valence-electron chi connectivity index (χ0n) is 19.7. The van der Waals surface area contributed by atoms with Crippen molar-refractivity contribution in [3.63, 3.8) is 0 Å². The van der Waals surface area contributed by atoms with Gasteiger partial charge in [0, 0.05) is 43.9 Å². The highest BCUT2D eigenvalue weighted by atomic mass is 19.1. The van der Waals surface area contributed by atoms with Gasteiger partial charge in [0.05, 0.1) is 0 Å². The molecule has 0 spiro atoms. The molecule has 3 aromatic rings. The molecule has 174 valence electrons. The van der Waals surface area contributed by atoms with E-state index in [1.165, 1.54) is 23.3 Å². The van der Waals surface area contributed by atoms with Crippen molar-refractivity contribution in [1.29, 1.82) is 0 Å². The number of hydrogen-bond donors (Lipinski definition) is 0. The Morgan fingerprint density at radius 2 is 1.53 bits per heavy atom. The Morgan fingerprint density at radius 3 is 2.24 bits per heavy atom. The molecular formula is C29H29FN2O2. The molecule has 5 rings (SSSR count). The number of nitrogens with zero attached hydrogens (tertiary/aromatic N) is 2. The van der Waals surface area contributed by atoms with Crippen LogP contribution >= 0.6 is 0 Å². The molecule has 1 fully saturated rings. The average molecular weight is 457 g/mol. The monoisotopic (exact) mass is 456 g/mol. The smallest absolute Gasteiger partial charge is 0.196 e. The molecule has 34 heavy (non-hydrogen) atoms. The number of carbonyl (C=O) groups is 2. The summed E-state index contributed by atoms with van der Waals surface area (Å²) in [6.07, 6.45) is 0.986. The minimum absolute atomic E-state index is 0.244. The minimum Gasteiger partial charge on any atom is -0.297 e. The third-order valence-corrected chi connectivity index (χ3v) is 7.30. The van der Waals surface area contributed by atoms with Gasteiger partial charge < -0.3 is 0 Å². The van der Waals surface area contributed by atoms with Gasteiger partial charge in [0.15, 0.2) is 17.1 Å². The van der Waals surface area contributed by atoms with Crippen LogP contribution < -0.4 is 0 Å². The fourth-order valence-electron chi connectivity index (χ4n) is 5.52. The molecule has 0 saturated carbocycles. The van der Waals surface area contributed by atoms with Crippen LogP contribution in [0.3, 0.4) is 0 Å². The Kier molecular flexibility index (Phi) is 5.92. The Hall–Kier alpha value is -3.15. The van der Waals surface area contributed by atoms with Crippen LogP contribution in [0.1, 0.15) is 49.9 Å². The molecule has 4 nitrogen and oxygen atoms in total. The first-order valence-corrected chi connectivity index (χ1v) is 12.0. The third-order valence-electron chi connectivity index (χ3n) is 7.30. The van der Waals surface area contributed by atoms with Crippen molar-refractivity contribution < 1.29 is 14.0 Å². The zero-order chi connectivity index (χ0) is 23.9. The van der Waals surface area contributed by atoms with Gasteiger partial charge in [0.25, 0.3) is 0 Å². The van der Waals surface area contributed by atoms with E-state index in [-0.39, 0.29) is 11.6 Å². The van der Waals surface area contributed by atoms with E-state index in [0.717, 1.165) is 31.6 Å². The molecule has 1 atom stereocenters. The quantitative estimate of drug-likeness (QED) is 0.518. The molecule has 1 aliphatic heterocycles. The van der Waals surface area contributed by atoms with Gasteiger partial charge in [0.2, 0.25) is 0 Å². The van der Waals surface area contributed by atoms with Crippen molar-refractivity contribution in [3.05, 3.63) is 106 Å². The van der Waals surface area contributed by atoms with E-state index >= 15 is 0 Å². The third kappa shape index (κ3) is 3.60. The molecule has 0 radical (unpaired) electrons. The lowest BCUT2D eigenvalue weighted by molar-refractivity contribution is 0.0278. The molecule has 1 saturated heterocycles. The van der Waals surface area contributed by atoms with Crippen LogP contribution in [0.2, 0.25) is 0 Å². The first-order valence-electron chi connectivity index (χ1n) is 12.0. The van der Waals surface area contributed by atoms with Crippen LogP contribution in [-0.4, -0.2) is 47.5 Å². The van der Waals surface area contributed by atoms with Crippen LogP contribution in [0, 0.1) is 12.7 Å². The number of hydrogen-bond acceptors (Lipinski definition) is 4. The SMILES string of the molecule is CCc1ccccc1CN1CCN(C2(c3cccc(F)c3)C(=O)c3ccc(C)cc3C2=O)CC1. The molecule has 0 amide bonds. The second kappa shape index (κ2) is 8.90. The van der Waals surface area contributed by atoms with Gasteiger partial charge in [-0.05, 0) is 48.2 Å². The van der Waals surface area contributed by atoms with Gasteiger partial charge in [-0.1, -0.05) is 61.0 Å². The van der Waals surface area contributed by atoms with Gasteiger partial charge in [-0.3, -0.25) is 19.4 Å². The van der Waals surface area contributed by atoms with E-state index in [0.29, 0.717) is 29.8 Å². The molecule has 1 unspecified atom stereocenters. The molecule has 1 aliphatic carbocycles. The number of piperazine rings is 1. The second-order valence-electron chi connectivity index (χ2n) is 9.31. The lowest BCUT2D eigenvalue weighted by atomic mass is 9.82. The summed E-state index contributed by atoms with van der Waals surface area (Å²) in [5, 5.41) is 0. The summed E-state index contributed by atoms with van der Waals surface area (Å²) in [7, 11) is 0. The van der Waals surface area contributed by atoms with Gasteiger partial charge in [-0.25, -0.2) is 4.39 Å². The summed E-state index contributed by atoms with van der Waals surface area (Å²) in [6, 6.07) is 19.8. The van der Waals surface area contributed by atoms with E-state index < -0.39 is 11.4 Å². The van der Waals surface area contributed by atoms with Gasteiger partial charge >= 0.3 is 0 Å². The number of carbonyl (C=O) groups excluding carboxylic acids is 2. The Morgan fingerprint density at radius 1 is 0.824 bits per heavy atom. The van der Waals surface area contributed by atoms with Crippen molar-refractivity contribution in [2.75, 3.05) is 26.2 Å². The van der Waals surface area contributed by atoms with Crippen molar-refractivity contribution in [1.82, 2.24) is 9.80 Å². The van der Waals surface area contributed by atoms with Gasteiger partial charge in [-0.15, -0.1) is 0 Å². The lowest BCUT2D eigenvalue weighted by Gasteiger charge is -2.44. The largest absolute Gasteiger partial charge is 0.297 e. The van der Waals surface area contributed by atoms with E-state index in [1.54, 1.807) is 24.3 Å². The molecule has 0 N–H and O–H groups in total. The summed E-state index contributed by atoms with van der Waals surface area (Å²) in [5.74, 6) is -0.936. The van der Waals surface area contributed by atoms with E-state index in [9.17, 15) is 14.0 Å². The van der Waals surface area contributed by atoms with Crippen LogP contribution in [0.4, 0.5) is 4.39 Å². The first kappa shape index (κ1) is 22.6. The van der Waals surface area contributed by atoms with Gasteiger partial charge in [0.1, 0.15) is 5.82 Å². The summed E-state index contributed by atoms with van der Waals surface area (Å²) in [4.78, 5) is 32.2. The topological polar surface area (TPSA) is 40.6 Å². The summed E-state index contributed by atoms with van der Waals surface area (Å²) < 4.78 is 14.3. The highest BCUT2D eigenvalue weighted by Crippen LogP contribution is 2.43. The number of halogens is 1. The molecule has 3 aromatic carbocycles. The molecule has 5 heteroatoms. The molecule has 0 aromatic heterocycles. The normalized spacial score (nSPS) is 21.1. The molecule has 2 aliphatic rings. The Bertz CT molecular complexity index is 1260. The lowest BCUT2D eigenvalue weighted by Crippen LogP contribution is -2.60. The minimum atomic E-state index is -1.51. The highest BCUT2D eigenvalue weighted by Gasteiger charge is 2.58. The van der Waals surface area contributed by atoms with E-state index in [2.05, 4.69) is 36.1 Å². The van der Waals surface area contributed by atoms with Crippen LogP contribution in [0.5, 0.6) is 0 Å². The Labute approximate surface area is 200 Å². The predicted octanol–water partition coefficient (Wildman–Crippen LogP) is 4.79. The van der Waals surface area contributed by atoms with Crippen molar-refractivity contribution in [3.8, 4) is 0 Å². The maximum absolute atomic E-state index is 14.3. The molecule has 0 bridgehead atoms. The molecule has 1 heterocycles. The summed E-state index contributed by atoms with van der Waals surface area (Å²) >= 11 is 0. The van der Waals surface area contributed by atoms with Crippen LogP contribution in [0.15, 0.2) is 66.7 Å². The maximum Gasteiger partial charge on any atom is 0.196 e. The number of Topliss-reactive ketones (excluding diaryl/α,β-unsaturated/α-hetero) is 2. The van der Waals surface area contributed by atoms with Crippen molar-refractivity contribution in [2.45, 2.75) is 32.4 Å². The van der Waals surface area contributed by atoms with E-state index in [1.807, 2.05) is 17.9 Å². The zero-order valence-corrected chi connectivity index (χ0v) is 19.7. The number of ketones is 2. The van der Waals surface area contributed by atoms with Crippen LogP contribution in [-0.2, 0) is 18.5 Å². The van der Waals surface area contributed by atoms with Crippen molar-refractivity contribution >= 4 is 11.6 Å². The highest BCUT2D eigenvalue weighted by molar-refractivity contribution is 6.32. The maximum atomic E-state index is 14.3. The fourth-order valence-corrected chi connectivity index (χ4v) is 5.52. The Balaban J connectivity index is 1.48. The summed E-state index contributed by atoms with van der Waals surface area (Å²) in [6.45, 7) is 7.47. The summed E-state index contributed by atoms with van der Waals surface area (Å²) in [5.41, 5.74) is 3.36.